The molecule has 5 heteroatoms. The summed E-state index contributed by atoms with van der Waals surface area (Å²) in [5, 5.41) is 0. The average molecular weight is 414 g/mol. The molecule has 1 aliphatic rings. The summed E-state index contributed by atoms with van der Waals surface area (Å²) in [4.78, 5) is 24.8. The number of esters is 1. The standard InChI is InChI=1S/C26H22O5/c1-17(2)19-6-3-18(4-7-19)5-13-23(27)20-8-11-22(12-9-20)31-26(28)21-10-14-24-25(15-21)30-16-29-24/h3-15,17H,16H2,1-2H3/b13-5+. The number of allylic oxidation sites excluding steroid dienone is 1. The molecule has 0 atom stereocenters. The highest BCUT2D eigenvalue weighted by Crippen LogP contribution is 2.32. The van der Waals surface area contributed by atoms with Crippen LogP contribution in [0.25, 0.3) is 6.08 Å². The van der Waals surface area contributed by atoms with Crippen LogP contribution >= 0.6 is 0 Å². The molecule has 0 fully saturated rings. The highest BCUT2D eigenvalue weighted by Gasteiger charge is 2.17. The van der Waals surface area contributed by atoms with E-state index in [4.69, 9.17) is 14.2 Å². The SMILES string of the molecule is CC(C)c1ccc(/C=C/C(=O)c2ccc(OC(=O)c3ccc4c(c3)OCO4)cc2)cc1. The minimum absolute atomic E-state index is 0.124. The van der Waals surface area contributed by atoms with Gasteiger partial charge in [-0.25, -0.2) is 4.79 Å². The van der Waals surface area contributed by atoms with Crippen LogP contribution in [0.3, 0.4) is 0 Å². The van der Waals surface area contributed by atoms with Gasteiger partial charge in [0.2, 0.25) is 6.79 Å². The summed E-state index contributed by atoms with van der Waals surface area (Å²) in [5.74, 6) is 1.30. The van der Waals surface area contributed by atoms with E-state index < -0.39 is 5.97 Å². The third-order valence-electron chi connectivity index (χ3n) is 4.99. The number of ketones is 1. The Bertz CT molecular complexity index is 1130. The first-order chi connectivity index (χ1) is 15.0. The highest BCUT2D eigenvalue weighted by atomic mass is 16.7. The van der Waals surface area contributed by atoms with Gasteiger partial charge in [-0.15, -0.1) is 0 Å². The van der Waals surface area contributed by atoms with Crippen LogP contribution in [0.5, 0.6) is 17.2 Å². The van der Waals surface area contributed by atoms with Gasteiger partial charge in [0.25, 0.3) is 0 Å². The van der Waals surface area contributed by atoms with Gasteiger partial charge in [-0.3, -0.25) is 4.79 Å². The lowest BCUT2D eigenvalue weighted by Gasteiger charge is -2.06. The molecule has 4 rings (SSSR count). The maximum atomic E-state index is 12.4. The van der Waals surface area contributed by atoms with Crippen molar-refractivity contribution in [1.29, 1.82) is 0 Å². The smallest absolute Gasteiger partial charge is 0.343 e. The predicted molar refractivity (Wildman–Crippen MR) is 118 cm³/mol. The van der Waals surface area contributed by atoms with Crippen molar-refractivity contribution < 1.29 is 23.8 Å². The van der Waals surface area contributed by atoms with Crippen LogP contribution in [0, 0.1) is 0 Å². The third kappa shape index (κ3) is 4.83. The van der Waals surface area contributed by atoms with E-state index in [0.717, 1.165) is 5.56 Å². The van der Waals surface area contributed by atoms with Crippen molar-refractivity contribution in [3.63, 3.8) is 0 Å². The molecule has 1 heterocycles. The number of benzene rings is 3. The van der Waals surface area contributed by atoms with Gasteiger partial charge in [0, 0.05) is 5.56 Å². The zero-order valence-electron chi connectivity index (χ0n) is 17.3. The quantitative estimate of drug-likeness (QED) is 0.226. The van der Waals surface area contributed by atoms with E-state index in [1.54, 1.807) is 48.5 Å². The molecule has 0 aromatic heterocycles. The first-order valence-electron chi connectivity index (χ1n) is 10.0. The molecule has 0 saturated heterocycles. The first-order valence-corrected chi connectivity index (χ1v) is 10.0. The number of ether oxygens (including phenoxy) is 3. The molecule has 156 valence electrons. The van der Waals surface area contributed by atoms with Crippen molar-refractivity contribution in [2.75, 3.05) is 6.79 Å². The van der Waals surface area contributed by atoms with Crippen molar-refractivity contribution in [3.05, 3.63) is 95.1 Å². The van der Waals surface area contributed by atoms with Gasteiger partial charge in [0.15, 0.2) is 17.3 Å². The second kappa shape index (κ2) is 8.88. The molecule has 0 saturated carbocycles. The molecule has 31 heavy (non-hydrogen) atoms. The maximum Gasteiger partial charge on any atom is 0.343 e. The second-order valence-electron chi connectivity index (χ2n) is 7.50. The van der Waals surface area contributed by atoms with Gasteiger partial charge >= 0.3 is 5.97 Å². The van der Waals surface area contributed by atoms with Gasteiger partial charge in [0.1, 0.15) is 5.75 Å². The molecule has 0 bridgehead atoms. The van der Waals surface area contributed by atoms with E-state index in [1.165, 1.54) is 11.6 Å². The minimum atomic E-state index is -0.512. The fraction of sp³-hybridized carbons (Fsp3) is 0.154. The molecule has 0 aliphatic carbocycles. The van der Waals surface area contributed by atoms with E-state index in [2.05, 4.69) is 26.0 Å². The summed E-state index contributed by atoms with van der Waals surface area (Å²) in [7, 11) is 0. The molecule has 1 aliphatic heterocycles. The summed E-state index contributed by atoms with van der Waals surface area (Å²) >= 11 is 0. The molecule has 0 unspecified atom stereocenters. The van der Waals surface area contributed by atoms with E-state index >= 15 is 0 Å². The number of carbonyl (C=O) groups excluding carboxylic acids is 2. The van der Waals surface area contributed by atoms with Crippen molar-refractivity contribution in [1.82, 2.24) is 0 Å². The Kier molecular flexibility index (Phi) is 5.85. The van der Waals surface area contributed by atoms with Crippen LogP contribution in [0.4, 0.5) is 0 Å². The predicted octanol–water partition coefficient (Wildman–Crippen LogP) is 5.65. The van der Waals surface area contributed by atoms with Crippen molar-refractivity contribution in [2.45, 2.75) is 19.8 Å². The monoisotopic (exact) mass is 414 g/mol. The molecular formula is C26H22O5. The molecule has 0 amide bonds. The van der Waals surface area contributed by atoms with Crippen molar-refractivity contribution in [2.24, 2.45) is 0 Å². The van der Waals surface area contributed by atoms with Crippen LogP contribution < -0.4 is 14.2 Å². The van der Waals surface area contributed by atoms with Crippen LogP contribution in [-0.2, 0) is 0 Å². The molecule has 3 aromatic carbocycles. The van der Waals surface area contributed by atoms with Gasteiger partial charge in [-0.05, 0) is 65.6 Å². The fourth-order valence-corrected chi connectivity index (χ4v) is 3.14. The van der Waals surface area contributed by atoms with Crippen LogP contribution in [-0.4, -0.2) is 18.5 Å². The zero-order chi connectivity index (χ0) is 21.8. The van der Waals surface area contributed by atoms with Gasteiger partial charge in [0.05, 0.1) is 5.56 Å². The van der Waals surface area contributed by atoms with E-state index in [-0.39, 0.29) is 12.6 Å². The number of hydrogen-bond donors (Lipinski definition) is 0. The highest BCUT2D eigenvalue weighted by molar-refractivity contribution is 6.06. The summed E-state index contributed by atoms with van der Waals surface area (Å²) in [6.07, 6.45) is 3.33. The largest absolute Gasteiger partial charge is 0.454 e. The second-order valence-corrected chi connectivity index (χ2v) is 7.50. The van der Waals surface area contributed by atoms with Gasteiger partial charge in [-0.2, -0.15) is 0 Å². The van der Waals surface area contributed by atoms with Crippen LogP contribution in [0.1, 0.15) is 51.6 Å². The Balaban J connectivity index is 1.38. The lowest BCUT2D eigenvalue weighted by Crippen LogP contribution is -2.08. The van der Waals surface area contributed by atoms with Crippen LogP contribution in [0.2, 0.25) is 0 Å². The Morgan fingerprint density at radius 3 is 2.26 bits per heavy atom. The number of hydrogen-bond acceptors (Lipinski definition) is 5. The fourth-order valence-electron chi connectivity index (χ4n) is 3.14. The topological polar surface area (TPSA) is 61.8 Å². The average Bonchev–Trinajstić information content (AvgIpc) is 3.26. The molecular weight excluding hydrogens is 392 g/mol. The lowest BCUT2D eigenvalue weighted by molar-refractivity contribution is 0.0734. The summed E-state index contributed by atoms with van der Waals surface area (Å²) in [6.45, 7) is 4.43. The molecule has 0 N–H and O–H groups in total. The van der Waals surface area contributed by atoms with Gasteiger partial charge < -0.3 is 14.2 Å². The Morgan fingerprint density at radius 1 is 0.871 bits per heavy atom. The first kappa shape index (κ1) is 20.4. The van der Waals surface area contributed by atoms with Gasteiger partial charge in [-0.1, -0.05) is 44.2 Å². The zero-order valence-corrected chi connectivity index (χ0v) is 17.3. The van der Waals surface area contributed by atoms with E-state index in [1.807, 2.05) is 12.1 Å². The lowest BCUT2D eigenvalue weighted by atomic mass is 10.0. The summed E-state index contributed by atoms with van der Waals surface area (Å²) < 4.78 is 15.9. The maximum absolute atomic E-state index is 12.4. The summed E-state index contributed by atoms with van der Waals surface area (Å²) in [5.41, 5.74) is 3.09. The normalized spacial score (nSPS) is 12.4. The number of carbonyl (C=O) groups is 2. The minimum Gasteiger partial charge on any atom is -0.454 e. The van der Waals surface area contributed by atoms with Crippen LogP contribution in [0.15, 0.2) is 72.8 Å². The molecule has 0 radical (unpaired) electrons. The molecule has 5 nitrogen and oxygen atoms in total. The molecule has 3 aromatic rings. The molecule has 0 spiro atoms. The Morgan fingerprint density at radius 2 is 1.55 bits per heavy atom. The van der Waals surface area contributed by atoms with Crippen molar-refractivity contribution in [3.8, 4) is 17.2 Å². The van der Waals surface area contributed by atoms with E-state index in [9.17, 15) is 9.59 Å². The Hall–Kier alpha value is -3.86. The van der Waals surface area contributed by atoms with E-state index in [0.29, 0.717) is 34.3 Å². The van der Waals surface area contributed by atoms with Crippen molar-refractivity contribution >= 4 is 17.8 Å². The summed E-state index contributed by atoms with van der Waals surface area (Å²) in [6, 6.07) is 19.5. The number of fused-ring (bicyclic) bond motifs is 1. The third-order valence-corrected chi connectivity index (χ3v) is 4.99. The number of rotatable bonds is 6. The Labute approximate surface area is 180 Å².